The van der Waals surface area contributed by atoms with E-state index in [9.17, 15) is 8.42 Å². The average molecular weight is 348 g/mol. The molecule has 0 bridgehead atoms. The molecule has 0 radical (unpaired) electrons. The summed E-state index contributed by atoms with van der Waals surface area (Å²) in [4.78, 5) is 4.05. The van der Waals surface area contributed by atoms with Gasteiger partial charge in [0.2, 0.25) is 15.8 Å². The van der Waals surface area contributed by atoms with E-state index in [1.165, 1.54) is 14.1 Å². The van der Waals surface area contributed by atoms with E-state index in [-0.39, 0.29) is 23.2 Å². The molecule has 3 rings (SSSR count). The molecule has 0 atom stereocenters. The number of sulfonamides is 1. The van der Waals surface area contributed by atoms with Crippen molar-refractivity contribution in [3.63, 3.8) is 0 Å². The lowest BCUT2D eigenvalue weighted by Gasteiger charge is -2.07. The minimum atomic E-state index is -3.46. The molecule has 0 saturated carbocycles. The SMILES string of the molecule is Cc1ccc(-c2cc(-c3nc(CS(=O)(=O)N(C)C)no3)on2)cc1. The van der Waals surface area contributed by atoms with Crippen LogP contribution in [0.15, 0.2) is 39.4 Å². The molecule has 0 N–H and O–H groups in total. The van der Waals surface area contributed by atoms with Crippen LogP contribution < -0.4 is 0 Å². The van der Waals surface area contributed by atoms with E-state index < -0.39 is 10.0 Å². The van der Waals surface area contributed by atoms with Crippen LogP contribution in [0.4, 0.5) is 0 Å². The number of rotatable bonds is 5. The monoisotopic (exact) mass is 348 g/mol. The molecule has 24 heavy (non-hydrogen) atoms. The zero-order valence-corrected chi connectivity index (χ0v) is 14.2. The van der Waals surface area contributed by atoms with Crippen LogP contribution >= 0.6 is 0 Å². The molecule has 0 fully saturated rings. The Labute approximate surface area is 139 Å². The van der Waals surface area contributed by atoms with Crippen LogP contribution in [0.25, 0.3) is 22.9 Å². The molecule has 9 heteroatoms. The van der Waals surface area contributed by atoms with Gasteiger partial charge in [0.1, 0.15) is 11.4 Å². The Morgan fingerprint density at radius 2 is 1.79 bits per heavy atom. The molecular formula is C15H16N4O4S. The van der Waals surface area contributed by atoms with Crippen molar-refractivity contribution in [2.75, 3.05) is 14.1 Å². The fourth-order valence-corrected chi connectivity index (χ4v) is 2.64. The maximum absolute atomic E-state index is 11.8. The molecule has 0 aliphatic rings. The zero-order valence-electron chi connectivity index (χ0n) is 13.4. The van der Waals surface area contributed by atoms with Crippen molar-refractivity contribution < 1.29 is 17.5 Å². The first kappa shape index (κ1) is 16.3. The Morgan fingerprint density at radius 1 is 1.08 bits per heavy atom. The van der Waals surface area contributed by atoms with E-state index >= 15 is 0 Å². The van der Waals surface area contributed by atoms with Crippen molar-refractivity contribution >= 4 is 10.0 Å². The van der Waals surface area contributed by atoms with E-state index in [0.29, 0.717) is 5.69 Å². The van der Waals surface area contributed by atoms with Gasteiger partial charge in [-0.3, -0.25) is 0 Å². The van der Waals surface area contributed by atoms with E-state index in [0.717, 1.165) is 15.4 Å². The molecule has 2 aromatic heterocycles. The minimum Gasteiger partial charge on any atom is -0.350 e. The van der Waals surface area contributed by atoms with Crippen molar-refractivity contribution in [2.45, 2.75) is 12.7 Å². The third-order valence-corrected chi connectivity index (χ3v) is 5.14. The molecule has 0 spiro atoms. The van der Waals surface area contributed by atoms with Crippen LogP contribution in [0, 0.1) is 6.92 Å². The Kier molecular flexibility index (Phi) is 4.20. The molecule has 0 amide bonds. The van der Waals surface area contributed by atoms with Crippen LogP contribution in [-0.4, -0.2) is 42.1 Å². The van der Waals surface area contributed by atoms with Crippen LogP contribution in [0.1, 0.15) is 11.4 Å². The number of hydrogen-bond acceptors (Lipinski definition) is 7. The molecular weight excluding hydrogens is 332 g/mol. The van der Waals surface area contributed by atoms with Gasteiger partial charge in [-0.15, -0.1) is 0 Å². The highest BCUT2D eigenvalue weighted by molar-refractivity contribution is 7.88. The van der Waals surface area contributed by atoms with Crippen molar-refractivity contribution in [2.24, 2.45) is 0 Å². The molecule has 0 aliphatic carbocycles. The standard InChI is InChI=1S/C15H16N4O4S/c1-10-4-6-11(7-5-10)12-8-13(22-17-12)15-16-14(18-23-15)9-24(20,21)19(2)3/h4-8H,9H2,1-3H3. The number of benzene rings is 1. The molecule has 2 heterocycles. The molecule has 8 nitrogen and oxygen atoms in total. The van der Waals surface area contributed by atoms with Gasteiger partial charge in [0, 0.05) is 25.7 Å². The molecule has 3 aromatic rings. The second kappa shape index (κ2) is 6.17. The van der Waals surface area contributed by atoms with Crippen LogP contribution in [0.5, 0.6) is 0 Å². The molecule has 1 aromatic carbocycles. The summed E-state index contributed by atoms with van der Waals surface area (Å²) in [6.07, 6.45) is 0. The van der Waals surface area contributed by atoms with E-state index in [1.54, 1.807) is 6.07 Å². The molecule has 0 saturated heterocycles. The number of nitrogens with zero attached hydrogens (tertiary/aromatic N) is 4. The quantitative estimate of drug-likeness (QED) is 0.695. The fourth-order valence-electron chi connectivity index (χ4n) is 1.94. The van der Waals surface area contributed by atoms with Gasteiger partial charge in [0.15, 0.2) is 5.82 Å². The summed E-state index contributed by atoms with van der Waals surface area (Å²) in [6.45, 7) is 2.00. The van der Waals surface area contributed by atoms with E-state index in [2.05, 4.69) is 15.3 Å². The topological polar surface area (TPSA) is 102 Å². The maximum atomic E-state index is 11.8. The third-order valence-electron chi connectivity index (χ3n) is 3.40. The first-order valence-corrected chi connectivity index (χ1v) is 8.73. The summed E-state index contributed by atoms with van der Waals surface area (Å²) in [6, 6.07) is 9.48. The average Bonchev–Trinajstić information content (AvgIpc) is 3.16. The van der Waals surface area contributed by atoms with Gasteiger partial charge in [0.25, 0.3) is 5.89 Å². The van der Waals surface area contributed by atoms with Gasteiger partial charge in [0.05, 0.1) is 0 Å². The van der Waals surface area contributed by atoms with E-state index in [1.807, 2.05) is 31.2 Å². The highest BCUT2D eigenvalue weighted by Gasteiger charge is 2.21. The second-order valence-corrected chi connectivity index (χ2v) is 7.68. The molecule has 0 unspecified atom stereocenters. The van der Waals surface area contributed by atoms with Gasteiger partial charge in [-0.1, -0.05) is 40.1 Å². The van der Waals surface area contributed by atoms with Gasteiger partial charge < -0.3 is 9.05 Å². The predicted molar refractivity (Wildman–Crippen MR) is 86.3 cm³/mol. The Bertz CT molecular complexity index is 942. The van der Waals surface area contributed by atoms with Gasteiger partial charge in [-0.05, 0) is 6.92 Å². The maximum Gasteiger partial charge on any atom is 0.296 e. The Hall–Kier alpha value is -2.52. The summed E-state index contributed by atoms with van der Waals surface area (Å²) in [5.41, 5.74) is 2.67. The summed E-state index contributed by atoms with van der Waals surface area (Å²) in [7, 11) is -0.570. The number of aromatic nitrogens is 3. The van der Waals surface area contributed by atoms with Gasteiger partial charge in [-0.2, -0.15) is 4.98 Å². The van der Waals surface area contributed by atoms with Crippen molar-refractivity contribution in [1.82, 2.24) is 19.6 Å². The van der Waals surface area contributed by atoms with Crippen LogP contribution in [0.3, 0.4) is 0 Å². The highest BCUT2D eigenvalue weighted by Crippen LogP contribution is 2.25. The summed E-state index contributed by atoms with van der Waals surface area (Å²) < 4.78 is 35.1. The van der Waals surface area contributed by atoms with Gasteiger partial charge >= 0.3 is 0 Å². The summed E-state index contributed by atoms with van der Waals surface area (Å²) in [5, 5.41) is 7.65. The lowest BCUT2D eigenvalue weighted by Crippen LogP contribution is -2.24. The fraction of sp³-hybridized carbons (Fsp3) is 0.267. The first-order chi connectivity index (χ1) is 11.3. The second-order valence-electron chi connectivity index (χ2n) is 5.50. The van der Waals surface area contributed by atoms with Crippen LogP contribution in [-0.2, 0) is 15.8 Å². The van der Waals surface area contributed by atoms with Crippen molar-refractivity contribution in [1.29, 1.82) is 0 Å². The highest BCUT2D eigenvalue weighted by atomic mass is 32.2. The first-order valence-electron chi connectivity index (χ1n) is 7.12. The van der Waals surface area contributed by atoms with Crippen LogP contribution in [0.2, 0.25) is 0 Å². The largest absolute Gasteiger partial charge is 0.350 e. The summed E-state index contributed by atoms with van der Waals surface area (Å²) >= 11 is 0. The normalized spacial score (nSPS) is 12.0. The lowest BCUT2D eigenvalue weighted by molar-refractivity contribution is 0.383. The minimum absolute atomic E-state index is 0.0620. The third kappa shape index (κ3) is 3.36. The molecule has 0 aliphatic heterocycles. The van der Waals surface area contributed by atoms with Crippen molar-refractivity contribution in [3.05, 3.63) is 41.7 Å². The number of aryl methyl sites for hydroxylation is 1. The Morgan fingerprint density at radius 3 is 2.46 bits per heavy atom. The van der Waals surface area contributed by atoms with Gasteiger partial charge in [-0.25, -0.2) is 12.7 Å². The smallest absolute Gasteiger partial charge is 0.296 e. The Balaban J connectivity index is 1.82. The molecule has 126 valence electrons. The predicted octanol–water partition coefficient (Wildman–Crippen LogP) is 2.09. The van der Waals surface area contributed by atoms with E-state index in [4.69, 9.17) is 9.05 Å². The lowest BCUT2D eigenvalue weighted by atomic mass is 10.1. The zero-order chi connectivity index (χ0) is 17.3. The summed E-state index contributed by atoms with van der Waals surface area (Å²) in [5.74, 6) is 0.0889. The number of hydrogen-bond donors (Lipinski definition) is 0. The van der Waals surface area contributed by atoms with Crippen molar-refractivity contribution in [3.8, 4) is 22.9 Å².